The first-order valence-corrected chi connectivity index (χ1v) is 6.92. The third kappa shape index (κ3) is 4.39. The molecule has 0 aromatic heterocycles. The largest absolute Gasteiger partial charge is 0.326 e. The maximum Gasteiger partial charge on any atom is 0.224 e. The van der Waals surface area contributed by atoms with Crippen LogP contribution in [0.1, 0.15) is 23.1 Å². The van der Waals surface area contributed by atoms with E-state index in [1.165, 1.54) is 11.6 Å². The molecule has 0 aliphatic rings. The summed E-state index contributed by atoms with van der Waals surface area (Å²) >= 11 is 0. The second-order valence-corrected chi connectivity index (χ2v) is 5.05. The molecule has 1 amide bonds. The highest BCUT2D eigenvalue weighted by atomic mass is 19.1. The predicted octanol–water partition coefficient (Wildman–Crippen LogP) is 3.16. The van der Waals surface area contributed by atoms with Crippen molar-refractivity contribution in [3.63, 3.8) is 0 Å². The third-order valence-corrected chi connectivity index (χ3v) is 3.30. The van der Waals surface area contributed by atoms with E-state index < -0.39 is 5.82 Å². The van der Waals surface area contributed by atoms with Gasteiger partial charge in [0.05, 0.1) is 5.69 Å². The first kappa shape index (κ1) is 15.2. The Morgan fingerprint density at radius 3 is 2.43 bits per heavy atom. The SMILES string of the molecule is Cc1ccc(CCC(=O)Nc2ccc(CN)cc2F)cc1. The van der Waals surface area contributed by atoms with Crippen LogP contribution in [0, 0.1) is 12.7 Å². The maximum atomic E-state index is 13.7. The van der Waals surface area contributed by atoms with Gasteiger partial charge in [-0.05, 0) is 36.6 Å². The summed E-state index contributed by atoms with van der Waals surface area (Å²) < 4.78 is 13.7. The van der Waals surface area contributed by atoms with E-state index in [4.69, 9.17) is 5.73 Å². The number of amides is 1. The zero-order chi connectivity index (χ0) is 15.2. The van der Waals surface area contributed by atoms with Crippen LogP contribution in [0.15, 0.2) is 42.5 Å². The number of hydrogen-bond acceptors (Lipinski definition) is 2. The normalized spacial score (nSPS) is 10.4. The number of hydrogen-bond donors (Lipinski definition) is 2. The Bertz CT molecular complexity index is 623. The molecule has 2 aromatic carbocycles. The highest BCUT2D eigenvalue weighted by Crippen LogP contribution is 2.16. The molecule has 0 aliphatic heterocycles. The van der Waals surface area contributed by atoms with Crippen molar-refractivity contribution in [1.82, 2.24) is 0 Å². The molecule has 0 aliphatic carbocycles. The Morgan fingerprint density at radius 2 is 1.81 bits per heavy atom. The summed E-state index contributed by atoms with van der Waals surface area (Å²) in [5.74, 6) is -0.656. The number of nitrogens with one attached hydrogen (secondary N) is 1. The molecule has 0 unspecified atom stereocenters. The van der Waals surface area contributed by atoms with Crippen molar-refractivity contribution in [2.45, 2.75) is 26.3 Å². The van der Waals surface area contributed by atoms with Crippen LogP contribution in [-0.2, 0) is 17.8 Å². The van der Waals surface area contributed by atoms with E-state index in [2.05, 4.69) is 5.32 Å². The van der Waals surface area contributed by atoms with E-state index in [0.29, 0.717) is 18.4 Å². The van der Waals surface area contributed by atoms with Crippen LogP contribution < -0.4 is 11.1 Å². The first-order valence-electron chi connectivity index (χ1n) is 6.92. The molecule has 0 fully saturated rings. The fourth-order valence-electron chi connectivity index (χ4n) is 2.01. The third-order valence-electron chi connectivity index (χ3n) is 3.30. The van der Waals surface area contributed by atoms with E-state index in [0.717, 1.165) is 5.56 Å². The van der Waals surface area contributed by atoms with Crippen LogP contribution in [0.3, 0.4) is 0 Å². The Hall–Kier alpha value is -2.20. The topological polar surface area (TPSA) is 55.1 Å². The molecule has 4 heteroatoms. The fraction of sp³-hybridized carbons (Fsp3) is 0.235. The molecule has 0 heterocycles. The lowest BCUT2D eigenvalue weighted by molar-refractivity contribution is -0.116. The number of nitrogens with two attached hydrogens (primary N) is 1. The predicted molar refractivity (Wildman–Crippen MR) is 82.4 cm³/mol. The van der Waals surface area contributed by atoms with Gasteiger partial charge in [0.15, 0.2) is 0 Å². The summed E-state index contributed by atoms with van der Waals surface area (Å²) in [7, 11) is 0. The minimum absolute atomic E-state index is 0.195. The molecule has 0 bridgehead atoms. The molecule has 0 saturated heterocycles. The van der Waals surface area contributed by atoms with Crippen LogP contribution in [-0.4, -0.2) is 5.91 Å². The summed E-state index contributed by atoms with van der Waals surface area (Å²) in [5.41, 5.74) is 8.61. The van der Waals surface area contributed by atoms with Gasteiger partial charge in [-0.25, -0.2) is 4.39 Å². The average molecular weight is 286 g/mol. The van der Waals surface area contributed by atoms with Crippen LogP contribution in [0.5, 0.6) is 0 Å². The number of rotatable bonds is 5. The number of anilines is 1. The fourth-order valence-corrected chi connectivity index (χ4v) is 2.01. The van der Waals surface area contributed by atoms with Crippen molar-refractivity contribution in [3.8, 4) is 0 Å². The van der Waals surface area contributed by atoms with E-state index in [9.17, 15) is 9.18 Å². The molecule has 0 atom stereocenters. The number of aryl methyl sites for hydroxylation is 2. The number of carbonyl (C=O) groups excluding carboxylic acids is 1. The molecule has 2 rings (SSSR count). The summed E-state index contributed by atoms with van der Waals surface area (Å²) in [4.78, 5) is 11.9. The van der Waals surface area contributed by atoms with Gasteiger partial charge in [0.25, 0.3) is 0 Å². The molecule has 2 aromatic rings. The van der Waals surface area contributed by atoms with Gasteiger partial charge in [0.2, 0.25) is 5.91 Å². The van der Waals surface area contributed by atoms with Gasteiger partial charge in [0.1, 0.15) is 5.82 Å². The quantitative estimate of drug-likeness (QED) is 0.887. The van der Waals surface area contributed by atoms with E-state index in [1.54, 1.807) is 12.1 Å². The lowest BCUT2D eigenvalue weighted by Crippen LogP contribution is -2.13. The minimum atomic E-state index is -0.457. The standard InChI is InChI=1S/C17H19FN2O/c1-12-2-4-13(5-3-12)7-9-17(21)20-16-8-6-14(11-19)10-15(16)18/h2-6,8,10H,7,9,11,19H2,1H3,(H,20,21). The van der Waals surface area contributed by atoms with Crippen molar-refractivity contribution < 1.29 is 9.18 Å². The molecule has 110 valence electrons. The lowest BCUT2D eigenvalue weighted by atomic mass is 10.1. The number of halogens is 1. The molecule has 3 nitrogen and oxygen atoms in total. The Balaban J connectivity index is 1.91. The first-order chi connectivity index (χ1) is 10.1. The Labute approximate surface area is 124 Å². The van der Waals surface area contributed by atoms with Gasteiger partial charge in [-0.3, -0.25) is 4.79 Å². The number of carbonyl (C=O) groups is 1. The summed E-state index contributed by atoms with van der Waals surface area (Å²) in [6, 6.07) is 12.6. The average Bonchev–Trinajstić information content (AvgIpc) is 2.48. The Kier molecular flexibility index (Phi) is 5.06. The van der Waals surface area contributed by atoms with Gasteiger partial charge in [-0.1, -0.05) is 35.9 Å². The van der Waals surface area contributed by atoms with Crippen LogP contribution in [0.2, 0.25) is 0 Å². The minimum Gasteiger partial charge on any atom is -0.326 e. The zero-order valence-electron chi connectivity index (χ0n) is 12.0. The zero-order valence-corrected chi connectivity index (χ0v) is 12.0. The second-order valence-electron chi connectivity index (χ2n) is 5.05. The van der Waals surface area contributed by atoms with Crippen molar-refractivity contribution in [2.24, 2.45) is 5.73 Å². The summed E-state index contributed by atoms with van der Waals surface area (Å²) in [6.45, 7) is 2.29. The second kappa shape index (κ2) is 6.99. The highest BCUT2D eigenvalue weighted by Gasteiger charge is 2.08. The van der Waals surface area contributed by atoms with E-state index in [-0.39, 0.29) is 18.1 Å². The van der Waals surface area contributed by atoms with Crippen molar-refractivity contribution in [1.29, 1.82) is 0 Å². The smallest absolute Gasteiger partial charge is 0.224 e. The lowest BCUT2D eigenvalue weighted by Gasteiger charge is -2.08. The van der Waals surface area contributed by atoms with Crippen molar-refractivity contribution in [3.05, 3.63) is 65.0 Å². The van der Waals surface area contributed by atoms with Crippen LogP contribution in [0.25, 0.3) is 0 Å². The van der Waals surface area contributed by atoms with Crippen LogP contribution in [0.4, 0.5) is 10.1 Å². The molecule has 0 radical (unpaired) electrons. The van der Waals surface area contributed by atoms with E-state index in [1.807, 2.05) is 31.2 Å². The van der Waals surface area contributed by atoms with Crippen molar-refractivity contribution >= 4 is 11.6 Å². The Morgan fingerprint density at radius 1 is 1.14 bits per heavy atom. The van der Waals surface area contributed by atoms with Gasteiger partial charge in [-0.15, -0.1) is 0 Å². The van der Waals surface area contributed by atoms with Gasteiger partial charge >= 0.3 is 0 Å². The van der Waals surface area contributed by atoms with E-state index >= 15 is 0 Å². The van der Waals surface area contributed by atoms with Crippen LogP contribution >= 0.6 is 0 Å². The van der Waals surface area contributed by atoms with Gasteiger partial charge < -0.3 is 11.1 Å². The molecule has 21 heavy (non-hydrogen) atoms. The molecule has 0 spiro atoms. The monoisotopic (exact) mass is 286 g/mol. The number of benzene rings is 2. The summed E-state index contributed by atoms with van der Waals surface area (Å²) in [6.07, 6.45) is 0.954. The molecular weight excluding hydrogens is 267 g/mol. The maximum absolute atomic E-state index is 13.7. The van der Waals surface area contributed by atoms with Gasteiger partial charge in [-0.2, -0.15) is 0 Å². The van der Waals surface area contributed by atoms with Gasteiger partial charge in [0, 0.05) is 13.0 Å². The highest BCUT2D eigenvalue weighted by molar-refractivity contribution is 5.90. The summed E-state index contributed by atoms with van der Waals surface area (Å²) in [5, 5.41) is 2.59. The molecule has 3 N–H and O–H groups in total. The molecular formula is C17H19FN2O. The van der Waals surface area contributed by atoms with Crippen molar-refractivity contribution in [2.75, 3.05) is 5.32 Å². The molecule has 0 saturated carbocycles.